The predicted octanol–water partition coefficient (Wildman–Crippen LogP) is 4.35. The predicted molar refractivity (Wildman–Crippen MR) is 96.0 cm³/mol. The fraction of sp³-hybridized carbons (Fsp3) is 0.789. The molecule has 2 rings (SSSR count). The van der Waals surface area contributed by atoms with Crippen molar-refractivity contribution in [3.8, 4) is 0 Å². The van der Waals surface area contributed by atoms with Gasteiger partial charge in [0, 0.05) is 24.2 Å². The highest BCUT2D eigenvalue weighted by molar-refractivity contribution is 5.68. The van der Waals surface area contributed by atoms with Gasteiger partial charge in [-0.3, -0.25) is 4.68 Å². The van der Waals surface area contributed by atoms with Crippen LogP contribution in [0.5, 0.6) is 0 Å². The van der Waals surface area contributed by atoms with Crippen LogP contribution in [0.1, 0.15) is 71.6 Å². The number of fused-ring (bicyclic) bond motifs is 1. The maximum absolute atomic E-state index is 12.4. The lowest BCUT2D eigenvalue weighted by Crippen LogP contribution is -2.38. The molecular formula is C19H33N3O2. The van der Waals surface area contributed by atoms with E-state index in [9.17, 15) is 4.79 Å². The van der Waals surface area contributed by atoms with Crippen molar-refractivity contribution < 1.29 is 9.53 Å². The molecule has 0 aliphatic carbocycles. The van der Waals surface area contributed by atoms with Crippen LogP contribution in [0.4, 0.5) is 4.79 Å². The molecule has 2 heterocycles. The number of hydrogen-bond acceptors (Lipinski definition) is 3. The second-order valence-corrected chi connectivity index (χ2v) is 7.86. The number of ether oxygens (including phenoxy) is 1. The Labute approximate surface area is 146 Å². The van der Waals surface area contributed by atoms with Crippen molar-refractivity contribution in [3.05, 3.63) is 17.5 Å². The molecule has 136 valence electrons. The largest absolute Gasteiger partial charge is 0.449 e. The van der Waals surface area contributed by atoms with E-state index in [4.69, 9.17) is 4.74 Å². The van der Waals surface area contributed by atoms with Crippen molar-refractivity contribution in [2.24, 2.45) is 5.92 Å². The van der Waals surface area contributed by atoms with Crippen LogP contribution >= 0.6 is 0 Å². The van der Waals surface area contributed by atoms with E-state index in [1.807, 2.05) is 11.1 Å². The van der Waals surface area contributed by atoms with Crippen LogP contribution in [0.25, 0.3) is 0 Å². The molecule has 1 aliphatic heterocycles. The third-order valence-corrected chi connectivity index (χ3v) is 4.81. The monoisotopic (exact) mass is 335 g/mol. The third-order valence-electron chi connectivity index (χ3n) is 4.81. The van der Waals surface area contributed by atoms with Gasteiger partial charge in [0.1, 0.15) is 0 Å². The molecule has 0 aromatic carbocycles. The van der Waals surface area contributed by atoms with Crippen LogP contribution in [0.3, 0.4) is 0 Å². The Morgan fingerprint density at radius 2 is 2.12 bits per heavy atom. The number of nitrogens with zero attached hydrogens (tertiary/aromatic N) is 3. The summed E-state index contributed by atoms with van der Waals surface area (Å²) in [4.78, 5) is 14.2. The zero-order valence-corrected chi connectivity index (χ0v) is 16.0. The van der Waals surface area contributed by atoms with Crippen molar-refractivity contribution in [1.82, 2.24) is 14.7 Å². The van der Waals surface area contributed by atoms with E-state index in [-0.39, 0.29) is 11.6 Å². The maximum atomic E-state index is 12.4. The molecule has 1 aliphatic rings. The fourth-order valence-electron chi connectivity index (χ4n) is 3.24. The molecule has 1 aromatic heterocycles. The standard InChI is InChI=1S/C19H33N3O2/c1-6-8-9-15(7-2)14-24-18(23)21-11-10-17-16(13-21)12-20-22(17)19(3,4)5/h12,15H,6-11,13-14H2,1-5H3. The highest BCUT2D eigenvalue weighted by Crippen LogP contribution is 2.25. The molecule has 5 nitrogen and oxygen atoms in total. The van der Waals surface area contributed by atoms with Crippen LogP contribution in [0.2, 0.25) is 0 Å². The van der Waals surface area contributed by atoms with Crippen molar-refractivity contribution in [2.75, 3.05) is 13.2 Å². The van der Waals surface area contributed by atoms with E-state index in [0.717, 1.165) is 24.8 Å². The number of aromatic nitrogens is 2. The van der Waals surface area contributed by atoms with E-state index in [1.54, 1.807) is 0 Å². The van der Waals surface area contributed by atoms with Crippen molar-refractivity contribution in [3.63, 3.8) is 0 Å². The third kappa shape index (κ3) is 4.52. The summed E-state index contributed by atoms with van der Waals surface area (Å²) < 4.78 is 7.67. The number of carbonyl (C=O) groups is 1. The van der Waals surface area contributed by atoms with E-state index >= 15 is 0 Å². The zero-order chi connectivity index (χ0) is 17.7. The topological polar surface area (TPSA) is 47.4 Å². The normalized spacial score (nSPS) is 16.0. The fourth-order valence-corrected chi connectivity index (χ4v) is 3.24. The van der Waals surface area contributed by atoms with Gasteiger partial charge in [0.15, 0.2) is 0 Å². The Morgan fingerprint density at radius 1 is 1.38 bits per heavy atom. The minimum atomic E-state index is -0.181. The van der Waals surface area contributed by atoms with Gasteiger partial charge in [-0.25, -0.2) is 4.79 Å². The number of carbonyl (C=O) groups excluding carboxylic acids is 1. The Hall–Kier alpha value is -1.52. The molecular weight excluding hydrogens is 302 g/mol. The Balaban J connectivity index is 1.91. The molecule has 5 heteroatoms. The minimum absolute atomic E-state index is 0.0239. The van der Waals surface area contributed by atoms with Gasteiger partial charge < -0.3 is 9.64 Å². The zero-order valence-electron chi connectivity index (χ0n) is 16.0. The highest BCUT2D eigenvalue weighted by Gasteiger charge is 2.28. The van der Waals surface area contributed by atoms with E-state index in [0.29, 0.717) is 25.6 Å². The maximum Gasteiger partial charge on any atom is 0.410 e. The molecule has 0 bridgehead atoms. The highest BCUT2D eigenvalue weighted by atomic mass is 16.6. The summed E-state index contributed by atoms with van der Waals surface area (Å²) in [6.45, 7) is 12.7. The van der Waals surface area contributed by atoms with Crippen molar-refractivity contribution >= 4 is 6.09 Å². The minimum Gasteiger partial charge on any atom is -0.449 e. The first-order chi connectivity index (χ1) is 11.4. The first-order valence-electron chi connectivity index (χ1n) is 9.34. The lowest BCUT2D eigenvalue weighted by atomic mass is 10.0. The van der Waals surface area contributed by atoms with Gasteiger partial charge in [-0.1, -0.05) is 33.1 Å². The smallest absolute Gasteiger partial charge is 0.410 e. The lowest BCUT2D eigenvalue weighted by Gasteiger charge is -2.30. The van der Waals surface area contributed by atoms with Crippen LogP contribution < -0.4 is 0 Å². The van der Waals surface area contributed by atoms with Gasteiger partial charge in [-0.2, -0.15) is 5.10 Å². The average Bonchev–Trinajstić information content (AvgIpc) is 2.98. The van der Waals surface area contributed by atoms with Crippen molar-refractivity contribution in [2.45, 2.75) is 78.8 Å². The van der Waals surface area contributed by atoms with E-state index in [1.165, 1.54) is 18.5 Å². The average molecular weight is 335 g/mol. The van der Waals surface area contributed by atoms with Crippen LogP contribution in [-0.4, -0.2) is 33.9 Å². The van der Waals surface area contributed by atoms with Crippen LogP contribution in [0.15, 0.2) is 6.20 Å². The van der Waals surface area contributed by atoms with E-state index < -0.39 is 0 Å². The first kappa shape index (κ1) is 18.8. The Kier molecular flexibility index (Phi) is 6.30. The molecule has 0 N–H and O–H groups in total. The number of rotatable bonds is 6. The SMILES string of the molecule is CCCCC(CC)COC(=O)N1CCc2c(cnn2C(C)(C)C)C1. The summed E-state index contributed by atoms with van der Waals surface area (Å²) in [6.07, 6.45) is 7.16. The van der Waals surface area contributed by atoms with Crippen molar-refractivity contribution in [1.29, 1.82) is 0 Å². The molecule has 0 radical (unpaired) electrons. The number of hydrogen-bond donors (Lipinski definition) is 0. The van der Waals surface area contributed by atoms with Crippen LogP contribution in [0, 0.1) is 5.92 Å². The molecule has 0 saturated heterocycles. The molecule has 0 fully saturated rings. The van der Waals surface area contributed by atoms with Gasteiger partial charge >= 0.3 is 6.09 Å². The lowest BCUT2D eigenvalue weighted by molar-refractivity contribution is 0.0804. The summed E-state index contributed by atoms with van der Waals surface area (Å²) >= 11 is 0. The molecule has 24 heavy (non-hydrogen) atoms. The van der Waals surface area contributed by atoms with Gasteiger partial charge in [0.2, 0.25) is 0 Å². The summed E-state index contributed by atoms with van der Waals surface area (Å²) in [5.74, 6) is 0.484. The Morgan fingerprint density at radius 3 is 2.75 bits per heavy atom. The van der Waals surface area contributed by atoms with Crippen LogP contribution in [-0.2, 0) is 23.2 Å². The molecule has 0 saturated carbocycles. The number of amides is 1. The summed E-state index contributed by atoms with van der Waals surface area (Å²) in [5.41, 5.74) is 2.37. The Bertz CT molecular complexity index is 545. The molecule has 0 spiro atoms. The summed E-state index contributed by atoms with van der Waals surface area (Å²) in [6, 6.07) is 0. The number of unbranched alkanes of at least 4 members (excludes halogenated alkanes) is 1. The van der Waals surface area contributed by atoms with Gasteiger partial charge in [0.25, 0.3) is 0 Å². The molecule has 1 unspecified atom stereocenters. The second kappa shape index (κ2) is 8.04. The van der Waals surface area contributed by atoms with Gasteiger partial charge in [-0.05, 0) is 33.1 Å². The van der Waals surface area contributed by atoms with Gasteiger partial charge in [0.05, 0.1) is 24.9 Å². The first-order valence-corrected chi connectivity index (χ1v) is 9.34. The summed E-state index contributed by atoms with van der Waals surface area (Å²) in [7, 11) is 0. The second-order valence-electron chi connectivity index (χ2n) is 7.86. The van der Waals surface area contributed by atoms with E-state index in [2.05, 4.69) is 44.4 Å². The van der Waals surface area contributed by atoms with Gasteiger partial charge in [-0.15, -0.1) is 0 Å². The molecule has 1 amide bonds. The molecule has 1 aromatic rings. The quantitative estimate of drug-likeness (QED) is 0.776. The summed E-state index contributed by atoms with van der Waals surface area (Å²) in [5, 5.41) is 4.52. The molecule has 1 atom stereocenters.